The van der Waals surface area contributed by atoms with E-state index in [1.54, 1.807) is 26.8 Å². The molecule has 0 aromatic heterocycles. The number of esters is 1. The molecule has 1 aliphatic heterocycles. The van der Waals surface area contributed by atoms with E-state index in [9.17, 15) is 28.1 Å². The smallest absolute Gasteiger partial charge is 0.416 e. The molecule has 202 valence electrons. The van der Waals surface area contributed by atoms with Gasteiger partial charge in [-0.25, -0.2) is 0 Å². The Morgan fingerprint density at radius 1 is 1.19 bits per heavy atom. The Kier molecular flexibility index (Phi) is 8.96. The number of hydrogen-bond acceptors (Lipinski definition) is 6. The first-order valence-electron chi connectivity index (χ1n) is 12.3. The molecular formula is C27H33F3N2O5. The fourth-order valence-corrected chi connectivity index (χ4v) is 4.77. The highest BCUT2D eigenvalue weighted by atomic mass is 19.4. The minimum Gasteiger partial charge on any atom is -0.466 e. The Bertz CT molecular complexity index is 1080. The van der Waals surface area contributed by atoms with Gasteiger partial charge in [0.05, 0.1) is 43.4 Å². The van der Waals surface area contributed by atoms with Gasteiger partial charge >= 0.3 is 12.1 Å². The van der Waals surface area contributed by atoms with Crippen LogP contribution in [-0.2, 0) is 26.0 Å². The average molecular weight is 523 g/mol. The van der Waals surface area contributed by atoms with Gasteiger partial charge in [-0.3, -0.25) is 20.2 Å². The van der Waals surface area contributed by atoms with Gasteiger partial charge in [0.2, 0.25) is 5.54 Å². The summed E-state index contributed by atoms with van der Waals surface area (Å²) in [5.74, 6) is -0.475. The van der Waals surface area contributed by atoms with E-state index in [-0.39, 0.29) is 43.9 Å². The van der Waals surface area contributed by atoms with E-state index in [4.69, 9.17) is 9.47 Å². The number of alkyl halides is 3. The molecule has 0 bridgehead atoms. The summed E-state index contributed by atoms with van der Waals surface area (Å²) >= 11 is 0. The van der Waals surface area contributed by atoms with Gasteiger partial charge in [0.1, 0.15) is 0 Å². The maximum absolute atomic E-state index is 13.3. The molecule has 2 aromatic carbocycles. The molecule has 10 heteroatoms. The summed E-state index contributed by atoms with van der Waals surface area (Å²) in [4.78, 5) is 23.6. The Morgan fingerprint density at radius 3 is 2.46 bits per heavy atom. The van der Waals surface area contributed by atoms with Crippen molar-refractivity contribution in [1.82, 2.24) is 5.32 Å². The van der Waals surface area contributed by atoms with E-state index in [2.05, 4.69) is 5.32 Å². The van der Waals surface area contributed by atoms with Gasteiger partial charge < -0.3 is 9.47 Å². The largest absolute Gasteiger partial charge is 0.466 e. The molecule has 1 aliphatic rings. The number of benzene rings is 2. The highest BCUT2D eigenvalue weighted by Gasteiger charge is 2.51. The minimum absolute atomic E-state index is 0.00864. The molecule has 1 heterocycles. The van der Waals surface area contributed by atoms with Crippen molar-refractivity contribution in [2.45, 2.75) is 69.8 Å². The summed E-state index contributed by atoms with van der Waals surface area (Å²) in [5.41, 5.74) is -1.11. The third-order valence-corrected chi connectivity index (χ3v) is 7.06. The quantitative estimate of drug-likeness (QED) is 0.244. The lowest BCUT2D eigenvalue weighted by molar-refractivity contribution is -0.573. The molecule has 0 radical (unpaired) electrons. The van der Waals surface area contributed by atoms with E-state index >= 15 is 0 Å². The van der Waals surface area contributed by atoms with Crippen LogP contribution in [0.25, 0.3) is 0 Å². The molecule has 3 rings (SSSR count). The maximum Gasteiger partial charge on any atom is 0.416 e. The van der Waals surface area contributed by atoms with Crippen LogP contribution < -0.4 is 5.32 Å². The Balaban J connectivity index is 1.81. The van der Waals surface area contributed by atoms with Gasteiger partial charge in [-0.2, -0.15) is 13.2 Å². The fraction of sp³-hybridized carbons (Fsp3) is 0.519. The Hall–Kier alpha value is -2.98. The molecule has 0 unspecified atom stereocenters. The zero-order chi connectivity index (χ0) is 27.3. The number of rotatable bonds is 10. The highest BCUT2D eigenvalue weighted by molar-refractivity contribution is 5.69. The minimum atomic E-state index is -4.47. The van der Waals surface area contributed by atoms with Crippen LogP contribution in [0.3, 0.4) is 0 Å². The van der Waals surface area contributed by atoms with Crippen LogP contribution in [0, 0.1) is 17.0 Å². The summed E-state index contributed by atoms with van der Waals surface area (Å²) in [5, 5.41) is 15.4. The van der Waals surface area contributed by atoms with Crippen molar-refractivity contribution in [3.05, 3.63) is 80.9 Å². The summed E-state index contributed by atoms with van der Waals surface area (Å²) in [6.45, 7) is 5.29. The molecule has 0 aliphatic carbocycles. The topological polar surface area (TPSA) is 90.7 Å². The van der Waals surface area contributed by atoms with Gasteiger partial charge in [0.15, 0.2) is 0 Å². The van der Waals surface area contributed by atoms with E-state index in [0.29, 0.717) is 17.5 Å². The van der Waals surface area contributed by atoms with Crippen LogP contribution in [0.4, 0.5) is 13.2 Å². The summed E-state index contributed by atoms with van der Waals surface area (Å²) < 4.78 is 51.1. The van der Waals surface area contributed by atoms with Crippen molar-refractivity contribution >= 4 is 5.97 Å². The number of piperidine rings is 1. The SMILES string of the molecule is CCOC(=O)CC[C@@]1([N+](=O)[O-])CC[C@@](CO[C@H](C)c2cc(C)cc(C(F)(F)F)c2)(c2ccccc2)NC1. The van der Waals surface area contributed by atoms with E-state index in [0.717, 1.165) is 17.7 Å². The van der Waals surface area contributed by atoms with Crippen molar-refractivity contribution in [3.63, 3.8) is 0 Å². The molecule has 0 saturated carbocycles. The van der Waals surface area contributed by atoms with Crippen LogP contribution in [-0.4, -0.2) is 36.2 Å². The molecule has 1 fully saturated rings. The second kappa shape index (κ2) is 11.6. The molecule has 7 nitrogen and oxygen atoms in total. The predicted molar refractivity (Wildman–Crippen MR) is 131 cm³/mol. The van der Waals surface area contributed by atoms with Crippen LogP contribution in [0.15, 0.2) is 48.5 Å². The lowest BCUT2D eigenvalue weighted by atomic mass is 9.75. The second-order valence-corrected chi connectivity index (χ2v) is 9.67. The number of carbonyl (C=O) groups excluding carboxylic acids is 1. The standard InChI is InChI=1S/C27H33F3N2O5/c1-4-36-24(33)10-11-25(32(34)35)12-13-26(31-17-25,22-8-6-5-7-9-22)18-37-20(3)21-14-19(2)15-23(16-21)27(28,29)30/h5-9,14-16,20,31H,4,10-13,17-18H2,1-3H3/t20-,25-,26-/m1/s1. The molecule has 3 atom stereocenters. The predicted octanol–water partition coefficient (Wildman–Crippen LogP) is 5.73. The van der Waals surface area contributed by atoms with Gasteiger partial charge in [0, 0.05) is 17.8 Å². The van der Waals surface area contributed by atoms with Crippen molar-refractivity contribution in [3.8, 4) is 0 Å². The molecule has 0 amide bonds. The summed E-state index contributed by atoms with van der Waals surface area (Å²) in [6.07, 6.45) is -4.59. The zero-order valence-electron chi connectivity index (χ0n) is 21.3. The Labute approximate surface area is 214 Å². The second-order valence-electron chi connectivity index (χ2n) is 9.67. The summed E-state index contributed by atoms with van der Waals surface area (Å²) in [7, 11) is 0. The lowest BCUT2D eigenvalue weighted by Crippen LogP contribution is -2.61. The van der Waals surface area contributed by atoms with E-state index < -0.39 is 34.9 Å². The molecule has 0 spiro atoms. The highest BCUT2D eigenvalue weighted by Crippen LogP contribution is 2.39. The maximum atomic E-state index is 13.3. The van der Waals surface area contributed by atoms with Crippen LogP contribution >= 0.6 is 0 Å². The fourth-order valence-electron chi connectivity index (χ4n) is 4.77. The molecule has 37 heavy (non-hydrogen) atoms. The van der Waals surface area contributed by atoms with Gasteiger partial charge in [-0.05, 0) is 50.5 Å². The zero-order valence-corrected chi connectivity index (χ0v) is 21.3. The van der Waals surface area contributed by atoms with Crippen molar-refractivity contribution in [1.29, 1.82) is 0 Å². The third kappa shape index (κ3) is 6.87. The monoisotopic (exact) mass is 522 g/mol. The van der Waals surface area contributed by atoms with Crippen molar-refractivity contribution in [2.24, 2.45) is 0 Å². The lowest BCUT2D eigenvalue weighted by Gasteiger charge is -2.44. The van der Waals surface area contributed by atoms with Gasteiger partial charge in [0.25, 0.3) is 0 Å². The van der Waals surface area contributed by atoms with Gasteiger partial charge in [-0.15, -0.1) is 0 Å². The van der Waals surface area contributed by atoms with E-state index in [1.807, 2.05) is 30.3 Å². The van der Waals surface area contributed by atoms with Crippen LogP contribution in [0.2, 0.25) is 0 Å². The first-order valence-corrected chi connectivity index (χ1v) is 12.3. The van der Waals surface area contributed by atoms with E-state index in [1.165, 1.54) is 0 Å². The summed E-state index contributed by atoms with van der Waals surface area (Å²) in [6, 6.07) is 13.2. The van der Waals surface area contributed by atoms with Crippen molar-refractivity contribution < 1.29 is 32.4 Å². The number of nitrogens with one attached hydrogen (secondary N) is 1. The first kappa shape index (κ1) is 28.6. The number of carbonyl (C=O) groups is 1. The molecule has 2 aromatic rings. The number of ether oxygens (including phenoxy) is 2. The van der Waals surface area contributed by atoms with Crippen LogP contribution in [0.1, 0.15) is 67.9 Å². The van der Waals surface area contributed by atoms with Crippen LogP contribution in [0.5, 0.6) is 0 Å². The normalized spacial score (nSPS) is 22.9. The first-order chi connectivity index (χ1) is 17.4. The molecule has 1 N–H and O–H groups in total. The third-order valence-electron chi connectivity index (χ3n) is 7.06. The molecule has 1 saturated heterocycles. The number of hydrogen-bond donors (Lipinski definition) is 1. The Morgan fingerprint density at radius 2 is 1.89 bits per heavy atom. The molecular weight excluding hydrogens is 489 g/mol. The number of aryl methyl sites for hydroxylation is 1. The number of nitro groups is 1. The average Bonchev–Trinajstić information content (AvgIpc) is 2.86. The number of nitrogens with zero attached hydrogens (tertiary/aromatic N) is 1. The van der Waals surface area contributed by atoms with Gasteiger partial charge in [-0.1, -0.05) is 42.0 Å². The number of halogens is 3. The van der Waals surface area contributed by atoms with Crippen molar-refractivity contribution in [2.75, 3.05) is 19.8 Å².